The van der Waals surface area contributed by atoms with Gasteiger partial charge in [0.15, 0.2) is 0 Å². The molecular formula is C9H17BrS. The highest BCUT2D eigenvalue weighted by molar-refractivity contribution is 9.09. The van der Waals surface area contributed by atoms with Crippen LogP contribution in [0.15, 0.2) is 0 Å². The van der Waals surface area contributed by atoms with Crippen LogP contribution >= 0.6 is 27.7 Å². The summed E-state index contributed by atoms with van der Waals surface area (Å²) in [7, 11) is 0. The van der Waals surface area contributed by atoms with Gasteiger partial charge in [0, 0.05) is 5.33 Å². The van der Waals surface area contributed by atoms with Gasteiger partial charge in [0.2, 0.25) is 0 Å². The fraction of sp³-hybridized carbons (Fsp3) is 1.00. The van der Waals surface area contributed by atoms with E-state index >= 15 is 0 Å². The molecule has 2 heteroatoms. The maximum atomic E-state index is 3.57. The fourth-order valence-electron chi connectivity index (χ4n) is 1.58. The molecule has 0 spiro atoms. The molecule has 0 aromatic rings. The molecule has 1 fully saturated rings. The maximum Gasteiger partial charge on any atom is 0.00827 e. The number of hydrogen-bond acceptors (Lipinski definition) is 1. The van der Waals surface area contributed by atoms with Crippen LogP contribution in [0.25, 0.3) is 0 Å². The molecule has 0 bridgehead atoms. The molecule has 0 nitrogen and oxygen atoms in total. The predicted octanol–water partition coefficient (Wildman–Crippen LogP) is 3.55. The summed E-state index contributed by atoms with van der Waals surface area (Å²) in [4.78, 5) is 0. The van der Waals surface area contributed by atoms with Crippen molar-refractivity contribution in [2.75, 3.05) is 16.8 Å². The van der Waals surface area contributed by atoms with Crippen molar-refractivity contribution in [1.82, 2.24) is 0 Å². The van der Waals surface area contributed by atoms with Crippen LogP contribution in [0.1, 0.15) is 26.7 Å². The molecule has 1 rings (SSSR count). The summed E-state index contributed by atoms with van der Waals surface area (Å²) in [6.45, 7) is 4.70. The first kappa shape index (κ1) is 9.91. The molecule has 11 heavy (non-hydrogen) atoms. The van der Waals surface area contributed by atoms with Crippen molar-refractivity contribution in [2.45, 2.75) is 26.7 Å². The van der Waals surface area contributed by atoms with Gasteiger partial charge in [-0.3, -0.25) is 0 Å². The first-order chi connectivity index (χ1) is 5.14. The SMILES string of the molecule is CC(C)(CBr)CC1CCSC1. The van der Waals surface area contributed by atoms with E-state index in [-0.39, 0.29) is 0 Å². The molecule has 1 unspecified atom stereocenters. The summed E-state index contributed by atoms with van der Waals surface area (Å²) in [6.07, 6.45) is 2.84. The van der Waals surface area contributed by atoms with E-state index in [4.69, 9.17) is 0 Å². The van der Waals surface area contributed by atoms with Crippen LogP contribution in [0.3, 0.4) is 0 Å². The average molecular weight is 237 g/mol. The second-order valence-electron chi connectivity index (χ2n) is 4.23. The second kappa shape index (κ2) is 4.18. The van der Waals surface area contributed by atoms with E-state index in [1.54, 1.807) is 0 Å². The molecule has 0 amide bonds. The van der Waals surface area contributed by atoms with Crippen LogP contribution in [-0.2, 0) is 0 Å². The lowest BCUT2D eigenvalue weighted by atomic mass is 9.84. The quantitative estimate of drug-likeness (QED) is 0.676. The lowest BCUT2D eigenvalue weighted by Crippen LogP contribution is -2.18. The van der Waals surface area contributed by atoms with Gasteiger partial charge in [-0.15, -0.1) is 0 Å². The lowest BCUT2D eigenvalue weighted by Gasteiger charge is -2.24. The van der Waals surface area contributed by atoms with Gasteiger partial charge in [-0.25, -0.2) is 0 Å². The smallest absolute Gasteiger partial charge is 0.00827 e. The van der Waals surface area contributed by atoms with Gasteiger partial charge in [-0.1, -0.05) is 29.8 Å². The predicted molar refractivity (Wildman–Crippen MR) is 57.6 cm³/mol. The van der Waals surface area contributed by atoms with Gasteiger partial charge >= 0.3 is 0 Å². The minimum absolute atomic E-state index is 0.509. The molecule has 0 N–H and O–H groups in total. The molecule has 0 saturated carbocycles. The summed E-state index contributed by atoms with van der Waals surface area (Å²) in [5, 5.41) is 1.14. The molecule has 1 heterocycles. The summed E-state index contributed by atoms with van der Waals surface area (Å²) in [5.41, 5.74) is 0.509. The second-order valence-corrected chi connectivity index (χ2v) is 5.94. The Balaban J connectivity index is 2.28. The van der Waals surface area contributed by atoms with E-state index in [0.717, 1.165) is 11.2 Å². The van der Waals surface area contributed by atoms with Gasteiger partial charge in [-0.2, -0.15) is 11.8 Å². The van der Waals surface area contributed by atoms with Crippen LogP contribution in [0.2, 0.25) is 0 Å². The molecule has 0 aliphatic carbocycles. The zero-order valence-electron chi connectivity index (χ0n) is 7.40. The molecule has 1 aliphatic heterocycles. The summed E-state index contributed by atoms with van der Waals surface area (Å²) in [6, 6.07) is 0. The number of thioether (sulfide) groups is 1. The summed E-state index contributed by atoms with van der Waals surface area (Å²) < 4.78 is 0. The number of hydrogen-bond donors (Lipinski definition) is 0. The van der Waals surface area contributed by atoms with Gasteiger partial charge in [0.1, 0.15) is 0 Å². The molecule has 1 atom stereocenters. The highest BCUT2D eigenvalue weighted by Crippen LogP contribution is 2.35. The Morgan fingerprint density at radius 2 is 2.27 bits per heavy atom. The molecule has 0 aromatic carbocycles. The first-order valence-corrected chi connectivity index (χ1v) is 6.55. The third-order valence-corrected chi connectivity index (χ3v) is 4.98. The Bertz CT molecular complexity index is 117. The van der Waals surface area contributed by atoms with E-state index in [1.165, 1.54) is 24.3 Å². The van der Waals surface area contributed by atoms with Gasteiger partial charge in [0.25, 0.3) is 0 Å². The maximum absolute atomic E-state index is 3.57. The van der Waals surface area contributed by atoms with Crippen molar-refractivity contribution < 1.29 is 0 Å². The van der Waals surface area contributed by atoms with Gasteiger partial charge in [-0.05, 0) is 35.7 Å². The Morgan fingerprint density at radius 3 is 2.73 bits per heavy atom. The highest BCUT2D eigenvalue weighted by Gasteiger charge is 2.24. The fourth-order valence-corrected chi connectivity index (χ4v) is 3.09. The monoisotopic (exact) mass is 236 g/mol. The topological polar surface area (TPSA) is 0 Å². The average Bonchev–Trinajstić information content (AvgIpc) is 2.39. The van der Waals surface area contributed by atoms with E-state index in [0.29, 0.717) is 5.41 Å². The minimum Gasteiger partial charge on any atom is -0.162 e. The van der Waals surface area contributed by atoms with Crippen LogP contribution in [0, 0.1) is 11.3 Å². The third-order valence-electron chi connectivity index (χ3n) is 2.23. The Morgan fingerprint density at radius 1 is 1.55 bits per heavy atom. The van der Waals surface area contributed by atoms with E-state index in [1.807, 2.05) is 0 Å². The molecule has 66 valence electrons. The van der Waals surface area contributed by atoms with Crippen molar-refractivity contribution in [1.29, 1.82) is 0 Å². The minimum atomic E-state index is 0.509. The van der Waals surface area contributed by atoms with Gasteiger partial charge in [0.05, 0.1) is 0 Å². The molecular weight excluding hydrogens is 220 g/mol. The summed E-state index contributed by atoms with van der Waals surface area (Å²) in [5.74, 6) is 3.78. The van der Waals surface area contributed by atoms with Crippen molar-refractivity contribution in [3.05, 3.63) is 0 Å². The normalized spacial score (nSPS) is 25.9. The number of alkyl halides is 1. The van der Waals surface area contributed by atoms with Gasteiger partial charge < -0.3 is 0 Å². The lowest BCUT2D eigenvalue weighted by molar-refractivity contribution is 0.320. The first-order valence-electron chi connectivity index (χ1n) is 4.28. The summed E-state index contributed by atoms with van der Waals surface area (Å²) >= 11 is 5.69. The van der Waals surface area contributed by atoms with Crippen LogP contribution < -0.4 is 0 Å². The van der Waals surface area contributed by atoms with Crippen molar-refractivity contribution in [3.63, 3.8) is 0 Å². The number of halogens is 1. The van der Waals surface area contributed by atoms with Crippen molar-refractivity contribution in [2.24, 2.45) is 11.3 Å². The Hall–Kier alpha value is 0.830. The molecule has 1 aliphatic rings. The van der Waals surface area contributed by atoms with Crippen LogP contribution in [-0.4, -0.2) is 16.8 Å². The van der Waals surface area contributed by atoms with E-state index < -0.39 is 0 Å². The largest absolute Gasteiger partial charge is 0.162 e. The van der Waals surface area contributed by atoms with Crippen LogP contribution in [0.4, 0.5) is 0 Å². The standard InChI is InChI=1S/C9H17BrS/c1-9(2,7-10)5-8-3-4-11-6-8/h8H,3-7H2,1-2H3. The Kier molecular flexibility index (Phi) is 3.76. The van der Waals surface area contributed by atoms with Crippen molar-refractivity contribution in [3.8, 4) is 0 Å². The van der Waals surface area contributed by atoms with Crippen LogP contribution in [0.5, 0.6) is 0 Å². The Labute approximate surface area is 82.6 Å². The highest BCUT2D eigenvalue weighted by atomic mass is 79.9. The molecule has 0 radical (unpaired) electrons. The third kappa shape index (κ3) is 3.37. The zero-order valence-corrected chi connectivity index (χ0v) is 9.80. The molecule has 1 saturated heterocycles. The number of rotatable bonds is 3. The molecule has 0 aromatic heterocycles. The van der Waals surface area contributed by atoms with E-state index in [2.05, 4.69) is 41.5 Å². The van der Waals surface area contributed by atoms with Crippen molar-refractivity contribution >= 4 is 27.7 Å². The van der Waals surface area contributed by atoms with E-state index in [9.17, 15) is 0 Å². The zero-order chi connectivity index (χ0) is 8.32.